The number of amides is 2. The predicted molar refractivity (Wildman–Crippen MR) is 128 cm³/mol. The maximum atomic E-state index is 13.6. The minimum absolute atomic E-state index is 0.0630. The first-order chi connectivity index (χ1) is 15.7. The predicted octanol–water partition coefficient (Wildman–Crippen LogP) is 1.61. The molecule has 33 heavy (non-hydrogen) atoms. The fourth-order valence-corrected chi connectivity index (χ4v) is 7.39. The number of rotatable bonds is 8. The van der Waals surface area contributed by atoms with Gasteiger partial charge in [0.15, 0.2) is 4.99 Å². The number of ether oxygens (including phenoxy) is 1. The van der Waals surface area contributed by atoms with Crippen LogP contribution in [0.2, 0.25) is 0 Å². The number of carbonyl (C=O) groups excluding carboxylic acids is 3. The highest BCUT2D eigenvalue weighted by Gasteiger charge is 2.57. The van der Waals surface area contributed by atoms with Gasteiger partial charge in [0.05, 0.1) is 25.0 Å². The summed E-state index contributed by atoms with van der Waals surface area (Å²) in [6, 6.07) is -0.971. The fourth-order valence-electron chi connectivity index (χ4n) is 4.61. The van der Waals surface area contributed by atoms with E-state index in [-0.39, 0.29) is 47.5 Å². The molecule has 0 aromatic carbocycles. The molecule has 3 heterocycles. The molecule has 3 aliphatic heterocycles. The number of aliphatic carboxylic acids is 1. The molecule has 11 heteroatoms. The molecule has 0 aromatic heterocycles. The van der Waals surface area contributed by atoms with Crippen LogP contribution in [0.5, 0.6) is 0 Å². The standard InChI is InChI=1S/C22H35N3O6S2/c1-4-14(2)19(33-18(27)12-24-8-10-31-11-9-24)20(28)23-22-15(3)6-5-7-17(26)25(22)16(13-32-22)21(29)30/h14-16,19H,4-13H2,1-3H3,(H,23,28)(H,29,30)/t14-,15?,16?,19-,22?/m0/s1. The van der Waals surface area contributed by atoms with Crippen molar-refractivity contribution in [3.05, 3.63) is 0 Å². The monoisotopic (exact) mass is 501 g/mol. The van der Waals surface area contributed by atoms with Crippen molar-refractivity contribution in [3.8, 4) is 0 Å². The number of hydrogen-bond acceptors (Lipinski definition) is 8. The van der Waals surface area contributed by atoms with Gasteiger partial charge in [-0.3, -0.25) is 24.2 Å². The third-order valence-corrected chi connectivity index (χ3v) is 9.76. The van der Waals surface area contributed by atoms with E-state index < -0.39 is 22.3 Å². The van der Waals surface area contributed by atoms with Gasteiger partial charge in [0.2, 0.25) is 16.9 Å². The molecular weight excluding hydrogens is 466 g/mol. The number of nitrogens with zero attached hydrogens (tertiary/aromatic N) is 2. The molecule has 2 N–H and O–H groups in total. The van der Waals surface area contributed by atoms with Gasteiger partial charge >= 0.3 is 5.97 Å². The molecule has 0 spiro atoms. The Hall–Kier alpha value is -1.30. The van der Waals surface area contributed by atoms with E-state index in [9.17, 15) is 24.3 Å². The number of fused-ring (bicyclic) bond motifs is 1. The van der Waals surface area contributed by atoms with Crippen molar-refractivity contribution >= 4 is 46.4 Å². The van der Waals surface area contributed by atoms with Gasteiger partial charge in [-0.25, -0.2) is 4.79 Å². The third-order valence-electron chi connectivity index (χ3n) is 6.82. The van der Waals surface area contributed by atoms with Crippen LogP contribution in [0.25, 0.3) is 0 Å². The summed E-state index contributed by atoms with van der Waals surface area (Å²) < 4.78 is 5.33. The van der Waals surface area contributed by atoms with Gasteiger partial charge < -0.3 is 15.2 Å². The number of hydrogen-bond donors (Lipinski definition) is 2. The summed E-state index contributed by atoms with van der Waals surface area (Å²) in [4.78, 5) is 53.6. The lowest BCUT2D eigenvalue weighted by molar-refractivity contribution is -0.153. The topological polar surface area (TPSA) is 116 Å². The van der Waals surface area contributed by atoms with E-state index in [1.165, 1.54) is 16.7 Å². The second kappa shape index (κ2) is 11.4. The van der Waals surface area contributed by atoms with Crippen LogP contribution in [-0.4, -0.2) is 92.7 Å². The molecule has 3 aliphatic rings. The van der Waals surface area contributed by atoms with Crippen LogP contribution >= 0.6 is 23.5 Å². The lowest BCUT2D eigenvalue weighted by atomic mass is 9.99. The maximum Gasteiger partial charge on any atom is 0.327 e. The first-order valence-corrected chi connectivity index (χ1v) is 13.6. The second-order valence-electron chi connectivity index (χ2n) is 9.09. The Kier molecular flexibility index (Phi) is 9.10. The summed E-state index contributed by atoms with van der Waals surface area (Å²) in [7, 11) is 0. The maximum absolute atomic E-state index is 13.6. The average Bonchev–Trinajstić information content (AvgIpc) is 3.13. The number of carboxylic acids is 1. The smallest absolute Gasteiger partial charge is 0.327 e. The van der Waals surface area contributed by atoms with Gasteiger partial charge in [0.25, 0.3) is 0 Å². The molecule has 0 aromatic rings. The Labute approximate surface area is 203 Å². The van der Waals surface area contributed by atoms with Gasteiger partial charge in [-0.2, -0.15) is 0 Å². The van der Waals surface area contributed by atoms with Gasteiger partial charge in [-0.1, -0.05) is 39.0 Å². The lowest BCUT2D eigenvalue weighted by Gasteiger charge is -2.43. The fraction of sp³-hybridized carbons (Fsp3) is 0.818. The zero-order valence-electron chi connectivity index (χ0n) is 19.6. The van der Waals surface area contributed by atoms with Crippen molar-refractivity contribution in [1.82, 2.24) is 15.1 Å². The van der Waals surface area contributed by atoms with Crippen LogP contribution in [0.4, 0.5) is 0 Å². The summed E-state index contributed by atoms with van der Waals surface area (Å²) in [5, 5.41) is 12.1. The first kappa shape index (κ1) is 26.3. The number of carbonyl (C=O) groups is 4. The van der Waals surface area contributed by atoms with Crippen LogP contribution in [0.15, 0.2) is 0 Å². The number of thioether (sulfide) groups is 2. The minimum atomic E-state index is -1.10. The van der Waals surface area contributed by atoms with Gasteiger partial charge in [-0.05, 0) is 18.8 Å². The molecule has 3 rings (SSSR count). The van der Waals surface area contributed by atoms with Crippen molar-refractivity contribution in [2.24, 2.45) is 11.8 Å². The Bertz CT molecular complexity index is 762. The molecule has 5 atom stereocenters. The number of carboxylic acid groups (broad SMARTS) is 1. The summed E-state index contributed by atoms with van der Waals surface area (Å²) in [6.45, 7) is 8.71. The summed E-state index contributed by atoms with van der Waals surface area (Å²) in [5.41, 5.74) is 0. The minimum Gasteiger partial charge on any atom is -0.480 e. The van der Waals surface area contributed by atoms with Crippen molar-refractivity contribution < 1.29 is 29.0 Å². The van der Waals surface area contributed by atoms with Crippen molar-refractivity contribution in [1.29, 1.82) is 0 Å². The lowest BCUT2D eigenvalue weighted by Crippen LogP contribution is -2.64. The molecular formula is C22H35N3O6S2. The highest BCUT2D eigenvalue weighted by atomic mass is 32.2. The highest BCUT2D eigenvalue weighted by molar-refractivity contribution is 8.14. The zero-order chi connectivity index (χ0) is 24.2. The second-order valence-corrected chi connectivity index (χ2v) is 11.5. The Morgan fingerprint density at radius 2 is 2.03 bits per heavy atom. The van der Waals surface area contributed by atoms with E-state index in [4.69, 9.17) is 4.74 Å². The van der Waals surface area contributed by atoms with Gasteiger partial charge in [-0.15, -0.1) is 11.8 Å². The van der Waals surface area contributed by atoms with Crippen molar-refractivity contribution in [3.63, 3.8) is 0 Å². The van der Waals surface area contributed by atoms with Crippen molar-refractivity contribution in [2.45, 2.75) is 62.7 Å². The number of morpholine rings is 1. The van der Waals surface area contributed by atoms with Crippen LogP contribution in [-0.2, 0) is 23.9 Å². The third kappa shape index (κ3) is 5.86. The molecule has 0 bridgehead atoms. The molecule has 9 nitrogen and oxygen atoms in total. The highest BCUT2D eigenvalue weighted by Crippen LogP contribution is 2.47. The van der Waals surface area contributed by atoms with Crippen LogP contribution in [0.3, 0.4) is 0 Å². The number of nitrogens with one attached hydrogen (secondary N) is 1. The largest absolute Gasteiger partial charge is 0.480 e. The normalized spacial score (nSPS) is 30.3. The summed E-state index contributed by atoms with van der Waals surface area (Å²) in [6.07, 6.45) is 2.35. The molecule has 3 unspecified atom stereocenters. The Morgan fingerprint density at radius 3 is 2.67 bits per heavy atom. The first-order valence-electron chi connectivity index (χ1n) is 11.7. The summed E-state index contributed by atoms with van der Waals surface area (Å²) >= 11 is 2.37. The zero-order valence-corrected chi connectivity index (χ0v) is 21.2. The quantitative estimate of drug-likeness (QED) is 0.512. The van der Waals surface area contributed by atoms with Gasteiger partial charge in [0.1, 0.15) is 6.04 Å². The van der Waals surface area contributed by atoms with E-state index in [1.54, 1.807) is 0 Å². The van der Waals surface area contributed by atoms with Crippen molar-refractivity contribution in [2.75, 3.05) is 38.6 Å². The van der Waals surface area contributed by atoms with E-state index in [2.05, 4.69) is 5.32 Å². The molecule has 2 amide bonds. The Morgan fingerprint density at radius 1 is 1.33 bits per heavy atom. The van der Waals surface area contributed by atoms with E-state index in [1.807, 2.05) is 25.7 Å². The summed E-state index contributed by atoms with van der Waals surface area (Å²) in [5.74, 6) is -1.57. The Balaban J connectivity index is 1.79. The van der Waals surface area contributed by atoms with Crippen LogP contribution < -0.4 is 5.32 Å². The SMILES string of the molecule is CC[C@H](C)[C@H](SC(=O)CN1CCOCC1)C(=O)NC12SCC(C(=O)O)N1C(=O)CCCC2C. The molecule has 0 aliphatic carbocycles. The van der Waals surface area contributed by atoms with Crippen LogP contribution in [0.1, 0.15) is 46.5 Å². The molecule has 0 radical (unpaired) electrons. The van der Waals surface area contributed by atoms with E-state index in [0.717, 1.165) is 11.8 Å². The van der Waals surface area contributed by atoms with E-state index in [0.29, 0.717) is 45.6 Å². The van der Waals surface area contributed by atoms with Gasteiger partial charge in [0, 0.05) is 31.2 Å². The average molecular weight is 502 g/mol. The van der Waals surface area contributed by atoms with Crippen LogP contribution in [0, 0.1) is 11.8 Å². The molecule has 186 valence electrons. The van der Waals surface area contributed by atoms with E-state index >= 15 is 0 Å². The molecule has 0 saturated carbocycles. The molecule has 3 saturated heterocycles. The molecule has 3 fully saturated rings.